The molecule has 6 nitrogen and oxygen atoms in total. The molecular formula is C24H23F7IN3O3. The van der Waals surface area contributed by atoms with Crippen molar-refractivity contribution in [1.82, 2.24) is 10.2 Å². The van der Waals surface area contributed by atoms with Crippen LogP contribution < -0.4 is 10.6 Å². The average Bonchev–Trinajstić information content (AvgIpc) is 2.77. The quantitative estimate of drug-likeness (QED) is 0.294. The second kappa shape index (κ2) is 11.5. The van der Waals surface area contributed by atoms with Gasteiger partial charge in [0.2, 0.25) is 5.91 Å². The lowest BCUT2D eigenvalue weighted by Gasteiger charge is -2.30. The van der Waals surface area contributed by atoms with Crippen LogP contribution in [0.1, 0.15) is 45.2 Å². The first-order chi connectivity index (χ1) is 17.3. The third kappa shape index (κ3) is 6.56. The summed E-state index contributed by atoms with van der Waals surface area (Å²) in [6.45, 7) is 2.69. The largest absolute Gasteiger partial charge is 0.435 e. The number of carbonyl (C=O) groups excluding carboxylic acids is 3. The van der Waals surface area contributed by atoms with Gasteiger partial charge in [-0.15, -0.1) is 0 Å². The lowest BCUT2D eigenvalue weighted by Crippen LogP contribution is -2.50. The molecule has 208 valence electrons. The molecule has 0 saturated heterocycles. The summed E-state index contributed by atoms with van der Waals surface area (Å²) in [5, 5.41) is 4.96. The highest BCUT2D eigenvalue weighted by molar-refractivity contribution is 14.1. The van der Waals surface area contributed by atoms with Crippen molar-refractivity contribution >= 4 is 46.0 Å². The number of carbonyl (C=O) groups is 3. The molecule has 0 aliphatic heterocycles. The van der Waals surface area contributed by atoms with Gasteiger partial charge in [0.15, 0.2) is 0 Å². The van der Waals surface area contributed by atoms with Crippen molar-refractivity contribution in [2.75, 3.05) is 19.4 Å². The average molecular weight is 661 g/mol. The number of nitrogens with zero attached hydrogens (tertiary/aromatic N) is 1. The molecule has 2 N–H and O–H groups in total. The number of amides is 3. The van der Waals surface area contributed by atoms with Crippen LogP contribution in [0.4, 0.5) is 36.4 Å². The Morgan fingerprint density at radius 3 is 2.03 bits per heavy atom. The van der Waals surface area contributed by atoms with Crippen molar-refractivity contribution < 1.29 is 45.1 Å². The van der Waals surface area contributed by atoms with E-state index in [1.54, 1.807) is 21.0 Å². The van der Waals surface area contributed by atoms with E-state index in [0.29, 0.717) is 9.64 Å². The third-order valence-electron chi connectivity index (χ3n) is 5.50. The monoisotopic (exact) mass is 661 g/mol. The molecule has 0 aromatic heterocycles. The van der Waals surface area contributed by atoms with Gasteiger partial charge in [0.1, 0.15) is 0 Å². The molecule has 14 heteroatoms. The van der Waals surface area contributed by atoms with Crippen molar-refractivity contribution in [3.8, 4) is 0 Å². The minimum Gasteiger partial charge on any atom is -0.349 e. The Morgan fingerprint density at radius 2 is 1.53 bits per heavy atom. The summed E-state index contributed by atoms with van der Waals surface area (Å²) < 4.78 is 93.2. The minimum atomic E-state index is -6.28. The van der Waals surface area contributed by atoms with E-state index in [1.165, 1.54) is 23.1 Å². The molecular weight excluding hydrogens is 638 g/mol. The highest BCUT2D eigenvalue weighted by atomic mass is 127. The first-order valence-electron chi connectivity index (χ1n) is 10.9. The maximum Gasteiger partial charge on any atom is 0.435 e. The Bertz CT molecular complexity index is 1220. The molecule has 0 aliphatic carbocycles. The van der Waals surface area contributed by atoms with Crippen LogP contribution >= 0.6 is 22.6 Å². The zero-order valence-corrected chi connectivity index (χ0v) is 22.6. The van der Waals surface area contributed by atoms with Crippen molar-refractivity contribution in [2.24, 2.45) is 0 Å². The first kappa shape index (κ1) is 31.3. The molecule has 2 aromatic carbocycles. The van der Waals surface area contributed by atoms with Gasteiger partial charge in [0.05, 0.1) is 11.1 Å². The fourth-order valence-corrected chi connectivity index (χ4v) is 4.17. The third-order valence-corrected chi connectivity index (χ3v) is 6.39. The number of nitrogens with one attached hydrogen (secondary N) is 2. The van der Waals surface area contributed by atoms with E-state index in [2.05, 4.69) is 10.6 Å². The van der Waals surface area contributed by atoms with Crippen LogP contribution in [0.25, 0.3) is 0 Å². The summed E-state index contributed by atoms with van der Waals surface area (Å²) >= 11 is 1.81. The van der Waals surface area contributed by atoms with Gasteiger partial charge in [-0.2, -0.15) is 26.3 Å². The van der Waals surface area contributed by atoms with E-state index in [4.69, 9.17) is 0 Å². The van der Waals surface area contributed by atoms with E-state index in [1.807, 2.05) is 22.6 Å². The van der Waals surface area contributed by atoms with Crippen molar-refractivity contribution in [3.05, 3.63) is 62.2 Å². The fraction of sp³-hybridized carbons (Fsp3) is 0.375. The van der Waals surface area contributed by atoms with Crippen LogP contribution in [0.15, 0.2) is 36.4 Å². The molecule has 0 heterocycles. The van der Waals surface area contributed by atoms with E-state index in [9.17, 15) is 45.1 Å². The SMILES string of the molecule is Cc1cc(C(F)(C(F)(F)F)C(F)(F)F)ccc1NC(=O)c1cccc(I)c1C(=O)NC(C)CC(=O)N(C)C. The molecule has 2 aromatic rings. The summed E-state index contributed by atoms with van der Waals surface area (Å²) in [7, 11) is 3.10. The van der Waals surface area contributed by atoms with E-state index in [0.717, 1.165) is 13.0 Å². The minimum absolute atomic E-state index is 0.0128. The Labute approximate surface area is 227 Å². The van der Waals surface area contributed by atoms with Crippen LogP contribution in [0.2, 0.25) is 0 Å². The standard InChI is InChI=1S/C24H23F7IN3O3/c1-12-10-14(22(25,23(26,27)28)24(29,30)31)8-9-17(12)34-20(37)15-6-5-7-16(32)19(15)21(38)33-13(2)11-18(36)35(3)4/h5-10,13H,11H2,1-4H3,(H,33,38)(H,34,37). The van der Waals surface area contributed by atoms with Gasteiger partial charge in [0.25, 0.3) is 11.8 Å². The second-order valence-electron chi connectivity index (χ2n) is 8.67. The molecule has 2 rings (SSSR count). The van der Waals surface area contributed by atoms with Gasteiger partial charge in [-0.25, -0.2) is 4.39 Å². The highest BCUT2D eigenvalue weighted by Crippen LogP contribution is 2.53. The number of hydrogen-bond acceptors (Lipinski definition) is 3. The number of rotatable bonds is 7. The number of halogens is 8. The van der Waals surface area contributed by atoms with Crippen molar-refractivity contribution in [3.63, 3.8) is 0 Å². The molecule has 1 atom stereocenters. The molecule has 0 fully saturated rings. The Kier molecular flexibility index (Phi) is 9.44. The molecule has 0 bridgehead atoms. The summed E-state index contributed by atoms with van der Waals surface area (Å²) in [4.78, 5) is 39.2. The lowest BCUT2D eigenvalue weighted by molar-refractivity contribution is -0.348. The zero-order chi connectivity index (χ0) is 29.2. The van der Waals surface area contributed by atoms with Crippen LogP contribution in [0.3, 0.4) is 0 Å². The van der Waals surface area contributed by atoms with Crippen LogP contribution in [0, 0.1) is 10.5 Å². The van der Waals surface area contributed by atoms with Crippen molar-refractivity contribution in [2.45, 2.75) is 44.3 Å². The number of aryl methyl sites for hydroxylation is 1. The Balaban J connectivity index is 2.37. The van der Waals surface area contributed by atoms with Gasteiger partial charge in [-0.1, -0.05) is 18.2 Å². The lowest BCUT2D eigenvalue weighted by atomic mass is 9.92. The molecule has 0 aliphatic rings. The maximum absolute atomic E-state index is 14.4. The first-order valence-corrected chi connectivity index (χ1v) is 11.9. The summed E-state index contributed by atoms with van der Waals surface area (Å²) in [5.41, 5.74) is -7.97. The number of alkyl halides is 7. The predicted molar refractivity (Wildman–Crippen MR) is 133 cm³/mol. The highest BCUT2D eigenvalue weighted by Gasteiger charge is 2.73. The molecule has 0 radical (unpaired) electrons. The number of hydrogen-bond donors (Lipinski definition) is 2. The summed E-state index contributed by atoms with van der Waals surface area (Å²) in [5.74, 6) is -1.81. The van der Waals surface area contributed by atoms with Gasteiger partial charge in [-0.3, -0.25) is 14.4 Å². The van der Waals surface area contributed by atoms with Crippen LogP contribution in [-0.2, 0) is 10.5 Å². The van der Waals surface area contributed by atoms with Gasteiger partial charge in [0, 0.05) is 41.4 Å². The number of benzene rings is 2. The second-order valence-corrected chi connectivity index (χ2v) is 9.83. The zero-order valence-electron chi connectivity index (χ0n) is 20.4. The maximum atomic E-state index is 14.4. The summed E-state index contributed by atoms with van der Waals surface area (Å²) in [6, 6.07) is 5.06. The molecule has 1 unspecified atom stereocenters. The number of anilines is 1. The van der Waals surface area contributed by atoms with Crippen molar-refractivity contribution in [1.29, 1.82) is 0 Å². The van der Waals surface area contributed by atoms with Gasteiger partial charge < -0.3 is 15.5 Å². The van der Waals surface area contributed by atoms with Gasteiger partial charge in [-0.05, 0) is 60.2 Å². The Hall–Kier alpha value is -2.91. The smallest absolute Gasteiger partial charge is 0.349 e. The van der Waals surface area contributed by atoms with Crippen LogP contribution in [-0.4, -0.2) is 55.1 Å². The molecule has 3 amide bonds. The molecule has 0 saturated carbocycles. The molecule has 38 heavy (non-hydrogen) atoms. The van der Waals surface area contributed by atoms with Gasteiger partial charge >= 0.3 is 18.0 Å². The van der Waals surface area contributed by atoms with E-state index in [-0.39, 0.29) is 40.8 Å². The predicted octanol–water partition coefficient (Wildman–Crippen LogP) is 5.74. The van der Waals surface area contributed by atoms with E-state index >= 15 is 0 Å². The van der Waals surface area contributed by atoms with E-state index < -0.39 is 41.4 Å². The molecule has 0 spiro atoms. The summed E-state index contributed by atoms with van der Waals surface area (Å²) in [6.07, 6.45) is -12.6. The fourth-order valence-electron chi connectivity index (χ4n) is 3.43. The normalized spacial score (nSPS) is 13.1. The van der Waals surface area contributed by atoms with Crippen LogP contribution in [0.5, 0.6) is 0 Å². The topological polar surface area (TPSA) is 78.5 Å². The Morgan fingerprint density at radius 1 is 0.947 bits per heavy atom.